The van der Waals surface area contributed by atoms with E-state index >= 15 is 0 Å². The fourth-order valence-electron chi connectivity index (χ4n) is 3.26. The van der Waals surface area contributed by atoms with Crippen LogP contribution in [0.1, 0.15) is 31.4 Å². The number of hydrogen-bond acceptors (Lipinski definition) is 3. The first-order valence-corrected chi connectivity index (χ1v) is 10.5. The van der Waals surface area contributed by atoms with Gasteiger partial charge in [-0.1, -0.05) is 32.0 Å². The molecule has 3 rings (SSSR count). The number of anilines is 1. The molecule has 0 aromatic heterocycles. The van der Waals surface area contributed by atoms with Crippen molar-refractivity contribution in [3.8, 4) is 0 Å². The Kier molecular flexibility index (Phi) is 5.62. The Bertz CT molecular complexity index is 957. The third-order valence-electron chi connectivity index (χ3n) is 4.72. The first-order valence-electron chi connectivity index (χ1n) is 8.97. The fourth-order valence-corrected chi connectivity index (χ4v) is 4.68. The maximum absolute atomic E-state index is 13.9. The first-order chi connectivity index (χ1) is 12.8. The van der Waals surface area contributed by atoms with Crippen LogP contribution in [0.15, 0.2) is 47.4 Å². The van der Waals surface area contributed by atoms with Crippen molar-refractivity contribution < 1.29 is 17.6 Å². The molecule has 2 aromatic rings. The van der Waals surface area contributed by atoms with E-state index in [2.05, 4.69) is 10.0 Å². The van der Waals surface area contributed by atoms with Crippen molar-refractivity contribution in [2.45, 2.75) is 44.0 Å². The number of fused-ring (bicyclic) bond motifs is 1. The number of nitrogens with one attached hydrogen (secondary N) is 2. The minimum Gasteiger partial charge on any atom is -0.325 e. The first kappa shape index (κ1) is 19.5. The van der Waals surface area contributed by atoms with E-state index in [9.17, 15) is 17.6 Å². The molecule has 1 atom stereocenters. The Morgan fingerprint density at radius 3 is 2.48 bits per heavy atom. The van der Waals surface area contributed by atoms with Crippen LogP contribution in [-0.4, -0.2) is 20.4 Å². The van der Waals surface area contributed by atoms with Gasteiger partial charge in [0.05, 0.1) is 0 Å². The van der Waals surface area contributed by atoms with Gasteiger partial charge in [-0.15, -0.1) is 0 Å². The zero-order valence-corrected chi connectivity index (χ0v) is 16.1. The second kappa shape index (κ2) is 7.78. The van der Waals surface area contributed by atoms with Crippen LogP contribution in [-0.2, 0) is 27.7 Å². The third kappa shape index (κ3) is 4.36. The molecule has 1 unspecified atom stereocenters. The van der Waals surface area contributed by atoms with Crippen molar-refractivity contribution >= 4 is 21.6 Å². The monoisotopic (exact) mass is 390 g/mol. The molecule has 0 spiro atoms. The largest absolute Gasteiger partial charge is 0.325 e. The van der Waals surface area contributed by atoms with E-state index in [4.69, 9.17) is 0 Å². The highest BCUT2D eigenvalue weighted by Crippen LogP contribution is 2.25. The topological polar surface area (TPSA) is 75.3 Å². The van der Waals surface area contributed by atoms with Gasteiger partial charge in [0.1, 0.15) is 16.8 Å². The lowest BCUT2D eigenvalue weighted by molar-refractivity contribution is -0.118. The number of rotatable bonds is 6. The molecule has 0 bridgehead atoms. The molecule has 1 aliphatic rings. The lowest BCUT2D eigenvalue weighted by Crippen LogP contribution is -2.47. The van der Waals surface area contributed by atoms with Gasteiger partial charge in [-0.3, -0.25) is 4.79 Å². The molecule has 7 heteroatoms. The van der Waals surface area contributed by atoms with Crippen LogP contribution in [0.4, 0.5) is 10.1 Å². The molecule has 1 aliphatic carbocycles. The van der Waals surface area contributed by atoms with Crippen LogP contribution in [0.25, 0.3) is 0 Å². The molecule has 1 amide bonds. The van der Waals surface area contributed by atoms with E-state index in [1.165, 1.54) is 29.3 Å². The second-order valence-electron chi connectivity index (χ2n) is 7.10. The standard InChI is InChI=1S/C20H23FN2O3S/c1-13(2)19(23-27(25,26)18-9-4-3-8-17(18)21)20(24)22-16-11-10-14-6-5-7-15(14)12-16/h3-4,8-13,19,23H,5-7H2,1-2H3,(H,22,24). The summed E-state index contributed by atoms with van der Waals surface area (Å²) in [5, 5.41) is 2.78. The second-order valence-corrected chi connectivity index (χ2v) is 8.78. The Morgan fingerprint density at radius 1 is 1.07 bits per heavy atom. The number of halogens is 1. The number of carbonyl (C=O) groups excluding carboxylic acids is 1. The lowest BCUT2D eigenvalue weighted by atomic mass is 10.0. The molecule has 144 valence electrons. The zero-order chi connectivity index (χ0) is 19.6. The summed E-state index contributed by atoms with van der Waals surface area (Å²) >= 11 is 0. The Morgan fingerprint density at radius 2 is 1.78 bits per heavy atom. The number of amides is 1. The van der Waals surface area contributed by atoms with Crippen LogP contribution in [0, 0.1) is 11.7 Å². The number of sulfonamides is 1. The molecule has 0 saturated carbocycles. The van der Waals surface area contributed by atoms with E-state index in [1.54, 1.807) is 13.8 Å². The summed E-state index contributed by atoms with van der Waals surface area (Å²) in [4.78, 5) is 12.2. The highest BCUT2D eigenvalue weighted by molar-refractivity contribution is 7.89. The van der Waals surface area contributed by atoms with Crippen molar-refractivity contribution in [1.82, 2.24) is 4.72 Å². The molecule has 2 N–H and O–H groups in total. The maximum Gasteiger partial charge on any atom is 0.244 e. The van der Waals surface area contributed by atoms with Crippen LogP contribution in [0.5, 0.6) is 0 Å². The molecule has 2 aromatic carbocycles. The van der Waals surface area contributed by atoms with Gasteiger partial charge in [-0.2, -0.15) is 4.72 Å². The van der Waals surface area contributed by atoms with E-state index in [0.29, 0.717) is 5.69 Å². The number of carbonyl (C=O) groups is 1. The van der Waals surface area contributed by atoms with Crippen molar-refractivity contribution in [3.63, 3.8) is 0 Å². The van der Waals surface area contributed by atoms with E-state index in [0.717, 1.165) is 25.3 Å². The van der Waals surface area contributed by atoms with Crippen LogP contribution in [0.2, 0.25) is 0 Å². The molecule has 27 heavy (non-hydrogen) atoms. The number of hydrogen-bond donors (Lipinski definition) is 2. The SMILES string of the molecule is CC(C)C(NS(=O)(=O)c1ccccc1F)C(=O)Nc1ccc2c(c1)CCC2. The Hall–Kier alpha value is -2.25. The van der Waals surface area contributed by atoms with Crippen molar-refractivity contribution in [2.75, 3.05) is 5.32 Å². The van der Waals surface area contributed by atoms with Crippen molar-refractivity contribution in [1.29, 1.82) is 0 Å². The number of benzene rings is 2. The van der Waals surface area contributed by atoms with Crippen molar-refractivity contribution in [2.24, 2.45) is 5.92 Å². The highest BCUT2D eigenvalue weighted by Gasteiger charge is 2.30. The normalized spacial score (nSPS) is 14.8. The lowest BCUT2D eigenvalue weighted by Gasteiger charge is -2.22. The van der Waals surface area contributed by atoms with Gasteiger partial charge in [-0.25, -0.2) is 12.8 Å². The van der Waals surface area contributed by atoms with E-state index in [1.807, 2.05) is 18.2 Å². The van der Waals surface area contributed by atoms with Gasteiger partial charge in [0, 0.05) is 5.69 Å². The predicted molar refractivity (Wildman–Crippen MR) is 102 cm³/mol. The van der Waals surface area contributed by atoms with Gasteiger partial charge in [0.2, 0.25) is 15.9 Å². The summed E-state index contributed by atoms with van der Waals surface area (Å²) in [7, 11) is -4.17. The summed E-state index contributed by atoms with van der Waals surface area (Å²) in [5.74, 6) is -1.64. The van der Waals surface area contributed by atoms with Gasteiger partial charge < -0.3 is 5.32 Å². The molecule has 0 fully saturated rings. The summed E-state index contributed by atoms with van der Waals surface area (Å²) in [6, 6.07) is 9.82. The molecule has 0 aliphatic heterocycles. The highest BCUT2D eigenvalue weighted by atomic mass is 32.2. The smallest absolute Gasteiger partial charge is 0.244 e. The average molecular weight is 390 g/mol. The van der Waals surface area contributed by atoms with Gasteiger partial charge in [0.15, 0.2) is 0 Å². The zero-order valence-electron chi connectivity index (χ0n) is 15.3. The summed E-state index contributed by atoms with van der Waals surface area (Å²) in [5.41, 5.74) is 3.13. The predicted octanol–water partition coefficient (Wildman–Crippen LogP) is 3.26. The minimum absolute atomic E-state index is 0.319. The Balaban J connectivity index is 1.79. The maximum atomic E-state index is 13.9. The quantitative estimate of drug-likeness (QED) is 0.795. The van der Waals surface area contributed by atoms with Gasteiger partial charge >= 0.3 is 0 Å². The molecular formula is C20H23FN2O3S. The average Bonchev–Trinajstić information content (AvgIpc) is 3.07. The van der Waals surface area contributed by atoms with E-state index < -0.39 is 32.7 Å². The van der Waals surface area contributed by atoms with Crippen LogP contribution in [0.3, 0.4) is 0 Å². The third-order valence-corrected chi connectivity index (χ3v) is 6.20. The number of aryl methyl sites for hydroxylation is 2. The molecule has 0 saturated heterocycles. The van der Waals surface area contributed by atoms with Crippen LogP contribution >= 0.6 is 0 Å². The van der Waals surface area contributed by atoms with E-state index in [-0.39, 0.29) is 5.92 Å². The van der Waals surface area contributed by atoms with Crippen LogP contribution < -0.4 is 10.0 Å². The van der Waals surface area contributed by atoms with Gasteiger partial charge in [0.25, 0.3) is 0 Å². The molecule has 0 heterocycles. The van der Waals surface area contributed by atoms with Crippen molar-refractivity contribution in [3.05, 3.63) is 59.4 Å². The molecular weight excluding hydrogens is 367 g/mol. The summed E-state index contributed by atoms with van der Waals surface area (Å²) in [6.07, 6.45) is 3.12. The minimum atomic E-state index is -4.17. The Labute approximate surface area is 159 Å². The summed E-state index contributed by atoms with van der Waals surface area (Å²) < 4.78 is 41.3. The fraction of sp³-hybridized carbons (Fsp3) is 0.350. The molecule has 0 radical (unpaired) electrons. The van der Waals surface area contributed by atoms with Gasteiger partial charge in [-0.05, 0) is 60.6 Å². The summed E-state index contributed by atoms with van der Waals surface area (Å²) in [6.45, 7) is 3.47. The molecule has 5 nitrogen and oxygen atoms in total.